The van der Waals surface area contributed by atoms with Gasteiger partial charge in [0.05, 0.1) is 22.6 Å². The number of benzene rings is 2. The molecule has 0 N–H and O–H groups in total. The van der Waals surface area contributed by atoms with E-state index in [0.717, 1.165) is 33.9 Å². The number of nitrogens with zero attached hydrogens (tertiary/aromatic N) is 2. The van der Waals surface area contributed by atoms with Crippen molar-refractivity contribution in [3.63, 3.8) is 0 Å². The molecule has 1 fully saturated rings. The maximum absolute atomic E-state index is 13.0. The average molecular weight is 371 g/mol. The minimum Gasteiger partial charge on any atom is -0.274 e. The predicted molar refractivity (Wildman–Crippen MR) is 97.4 cm³/mol. The third kappa shape index (κ3) is 2.55. The number of fused-ring (bicyclic) bond motifs is 1. The molecule has 1 heterocycles. The Bertz CT molecular complexity index is 889. The fourth-order valence-electron chi connectivity index (χ4n) is 3.69. The Morgan fingerprint density at radius 1 is 0.957 bits per heavy atom. The Morgan fingerprint density at radius 3 is 2.43 bits per heavy atom. The zero-order valence-electron chi connectivity index (χ0n) is 12.9. The van der Waals surface area contributed by atoms with Crippen LogP contribution < -0.4 is 5.56 Å². The van der Waals surface area contributed by atoms with Crippen LogP contribution in [0.5, 0.6) is 0 Å². The summed E-state index contributed by atoms with van der Waals surface area (Å²) < 4.78 is 5.11. The van der Waals surface area contributed by atoms with Gasteiger partial charge in [-0.25, -0.2) is 4.68 Å². The third-order valence-corrected chi connectivity index (χ3v) is 5.26. The van der Waals surface area contributed by atoms with Gasteiger partial charge in [0, 0.05) is 4.47 Å². The SMILES string of the molecule is O=c1c2ccc(Br)cc2n(C2CCCCC2)n1-c1ccccc1. The molecule has 2 aromatic carbocycles. The van der Waals surface area contributed by atoms with Gasteiger partial charge in [-0.3, -0.25) is 9.48 Å². The van der Waals surface area contributed by atoms with Gasteiger partial charge in [-0.1, -0.05) is 53.4 Å². The molecule has 0 atom stereocenters. The molecule has 1 aliphatic carbocycles. The highest BCUT2D eigenvalue weighted by Crippen LogP contribution is 2.32. The Hall–Kier alpha value is -1.81. The van der Waals surface area contributed by atoms with Gasteiger partial charge in [-0.15, -0.1) is 0 Å². The minimum atomic E-state index is 0.0734. The van der Waals surface area contributed by atoms with Gasteiger partial charge in [-0.2, -0.15) is 0 Å². The molecular weight excluding hydrogens is 352 g/mol. The van der Waals surface area contributed by atoms with E-state index in [1.54, 1.807) is 0 Å². The fraction of sp³-hybridized carbons (Fsp3) is 0.316. The lowest BCUT2D eigenvalue weighted by atomic mass is 9.95. The normalized spacial score (nSPS) is 16.0. The van der Waals surface area contributed by atoms with Crippen LogP contribution in [0.2, 0.25) is 0 Å². The average Bonchev–Trinajstić information content (AvgIpc) is 2.88. The van der Waals surface area contributed by atoms with E-state index < -0.39 is 0 Å². The number of hydrogen-bond acceptors (Lipinski definition) is 1. The van der Waals surface area contributed by atoms with Crippen LogP contribution in [-0.2, 0) is 0 Å². The van der Waals surface area contributed by atoms with Crippen molar-refractivity contribution in [1.82, 2.24) is 9.36 Å². The van der Waals surface area contributed by atoms with Gasteiger partial charge in [0.25, 0.3) is 5.56 Å². The van der Waals surface area contributed by atoms with Gasteiger partial charge < -0.3 is 0 Å². The second-order valence-electron chi connectivity index (χ2n) is 6.25. The lowest BCUT2D eigenvalue weighted by Crippen LogP contribution is -2.25. The van der Waals surface area contributed by atoms with Crippen molar-refractivity contribution >= 4 is 26.8 Å². The van der Waals surface area contributed by atoms with E-state index in [9.17, 15) is 4.79 Å². The Labute approximate surface area is 143 Å². The third-order valence-electron chi connectivity index (χ3n) is 4.77. The summed E-state index contributed by atoms with van der Waals surface area (Å²) in [7, 11) is 0. The zero-order chi connectivity index (χ0) is 15.8. The molecule has 0 unspecified atom stereocenters. The van der Waals surface area contributed by atoms with Crippen LogP contribution in [0.25, 0.3) is 16.6 Å². The van der Waals surface area contributed by atoms with Crippen molar-refractivity contribution in [2.75, 3.05) is 0 Å². The smallest absolute Gasteiger partial charge is 0.274 e. The van der Waals surface area contributed by atoms with E-state index in [4.69, 9.17) is 0 Å². The van der Waals surface area contributed by atoms with E-state index in [1.807, 2.05) is 47.1 Å². The number of hydrogen-bond donors (Lipinski definition) is 0. The molecule has 3 nitrogen and oxygen atoms in total. The summed E-state index contributed by atoms with van der Waals surface area (Å²) in [6.07, 6.45) is 6.06. The van der Waals surface area contributed by atoms with Gasteiger partial charge in [0.15, 0.2) is 0 Å². The quantitative estimate of drug-likeness (QED) is 0.619. The molecule has 0 bridgehead atoms. The van der Waals surface area contributed by atoms with E-state index in [1.165, 1.54) is 19.3 Å². The first-order valence-electron chi connectivity index (χ1n) is 8.24. The number of halogens is 1. The van der Waals surface area contributed by atoms with Crippen LogP contribution in [-0.4, -0.2) is 9.36 Å². The van der Waals surface area contributed by atoms with Gasteiger partial charge in [0.2, 0.25) is 0 Å². The Morgan fingerprint density at radius 2 is 1.70 bits per heavy atom. The fourth-order valence-corrected chi connectivity index (χ4v) is 4.04. The molecular formula is C19H19BrN2O. The summed E-state index contributed by atoms with van der Waals surface area (Å²) in [6.45, 7) is 0. The van der Waals surface area contributed by atoms with Gasteiger partial charge in [0.1, 0.15) is 0 Å². The van der Waals surface area contributed by atoms with Crippen molar-refractivity contribution in [3.8, 4) is 5.69 Å². The number of aromatic nitrogens is 2. The van der Waals surface area contributed by atoms with E-state index in [0.29, 0.717) is 6.04 Å². The second-order valence-corrected chi connectivity index (χ2v) is 7.17. The molecule has 118 valence electrons. The lowest BCUT2D eigenvalue weighted by Gasteiger charge is -2.26. The van der Waals surface area contributed by atoms with Crippen molar-refractivity contribution in [1.29, 1.82) is 0 Å². The standard InChI is InChI=1S/C19H19BrN2O/c20-14-11-12-17-18(13-14)21(15-7-3-1-4-8-15)22(19(17)23)16-9-5-2-6-10-16/h2,5-6,9-13,15H,1,3-4,7-8H2. The van der Waals surface area contributed by atoms with Crippen LogP contribution in [0.3, 0.4) is 0 Å². The summed E-state index contributed by atoms with van der Waals surface area (Å²) >= 11 is 3.56. The summed E-state index contributed by atoms with van der Waals surface area (Å²) in [5, 5.41) is 0.794. The molecule has 1 saturated carbocycles. The molecule has 4 heteroatoms. The van der Waals surface area contributed by atoms with Gasteiger partial charge >= 0.3 is 0 Å². The highest BCUT2D eigenvalue weighted by atomic mass is 79.9. The summed E-state index contributed by atoms with van der Waals surface area (Å²) in [5.74, 6) is 0. The Balaban J connectivity index is 2.03. The first-order valence-corrected chi connectivity index (χ1v) is 9.03. The Kier molecular flexibility index (Phi) is 3.85. The molecule has 1 aliphatic rings. The van der Waals surface area contributed by atoms with Crippen LogP contribution in [0.1, 0.15) is 38.1 Å². The maximum Gasteiger partial charge on any atom is 0.279 e. The molecule has 0 radical (unpaired) electrons. The summed E-state index contributed by atoms with van der Waals surface area (Å²) in [6, 6.07) is 16.3. The molecule has 0 aliphatic heterocycles. The van der Waals surface area contributed by atoms with E-state index >= 15 is 0 Å². The highest BCUT2D eigenvalue weighted by molar-refractivity contribution is 9.10. The van der Waals surface area contributed by atoms with Crippen LogP contribution in [0.4, 0.5) is 0 Å². The first kappa shape index (κ1) is 14.8. The highest BCUT2D eigenvalue weighted by Gasteiger charge is 2.23. The number of para-hydroxylation sites is 1. The molecule has 1 aromatic heterocycles. The largest absolute Gasteiger partial charge is 0.279 e. The minimum absolute atomic E-state index is 0.0734. The molecule has 3 aromatic rings. The molecule has 23 heavy (non-hydrogen) atoms. The topological polar surface area (TPSA) is 26.9 Å². The van der Waals surface area contributed by atoms with Gasteiger partial charge in [-0.05, 0) is 43.2 Å². The summed E-state index contributed by atoms with van der Waals surface area (Å²) in [4.78, 5) is 13.0. The van der Waals surface area contributed by atoms with Crippen LogP contribution in [0, 0.1) is 0 Å². The van der Waals surface area contributed by atoms with Crippen molar-refractivity contribution in [2.24, 2.45) is 0 Å². The predicted octanol–water partition coefficient (Wildman–Crippen LogP) is 5.06. The van der Waals surface area contributed by atoms with Crippen LogP contribution in [0.15, 0.2) is 57.8 Å². The zero-order valence-corrected chi connectivity index (χ0v) is 14.5. The number of rotatable bonds is 2. The molecule has 0 amide bonds. The first-order chi connectivity index (χ1) is 11.3. The molecule has 0 saturated heterocycles. The molecule has 0 spiro atoms. The van der Waals surface area contributed by atoms with Crippen LogP contribution >= 0.6 is 15.9 Å². The second kappa shape index (κ2) is 6.00. The molecule has 4 rings (SSSR count). The van der Waals surface area contributed by atoms with Crippen molar-refractivity contribution in [3.05, 3.63) is 63.4 Å². The maximum atomic E-state index is 13.0. The van der Waals surface area contributed by atoms with E-state index in [2.05, 4.69) is 26.7 Å². The van der Waals surface area contributed by atoms with E-state index in [-0.39, 0.29) is 5.56 Å². The van der Waals surface area contributed by atoms with Crippen molar-refractivity contribution < 1.29 is 0 Å². The van der Waals surface area contributed by atoms with Crippen molar-refractivity contribution in [2.45, 2.75) is 38.1 Å². The lowest BCUT2D eigenvalue weighted by molar-refractivity contribution is 0.319. The summed E-state index contributed by atoms with van der Waals surface area (Å²) in [5.41, 5.74) is 2.04. The monoisotopic (exact) mass is 370 g/mol.